The number of hydrogen-bond acceptors (Lipinski definition) is 3. The minimum absolute atomic E-state index is 0.341. The molecule has 0 heterocycles. The van der Waals surface area contributed by atoms with Gasteiger partial charge in [0, 0.05) is 18.2 Å². The van der Waals surface area contributed by atoms with Gasteiger partial charge in [-0.15, -0.1) is 0 Å². The van der Waals surface area contributed by atoms with Crippen molar-refractivity contribution in [2.45, 2.75) is 32.5 Å². The van der Waals surface area contributed by atoms with Gasteiger partial charge in [0.15, 0.2) is 0 Å². The number of ether oxygens (including phenoxy) is 1. The monoisotopic (exact) mass is 317 g/mol. The Kier molecular flexibility index (Phi) is 7.04. The van der Waals surface area contributed by atoms with E-state index in [9.17, 15) is 9.50 Å². The maximum Gasteiger partial charge on any atom is 0.128 e. The number of rotatable bonds is 9. The second-order valence-electron chi connectivity index (χ2n) is 5.53. The topological polar surface area (TPSA) is 41.5 Å². The van der Waals surface area contributed by atoms with Gasteiger partial charge >= 0.3 is 0 Å². The van der Waals surface area contributed by atoms with E-state index < -0.39 is 6.10 Å². The third-order valence-electron chi connectivity index (χ3n) is 3.62. The molecule has 0 aliphatic carbocycles. The second kappa shape index (κ2) is 9.28. The van der Waals surface area contributed by atoms with Crippen molar-refractivity contribution in [3.05, 3.63) is 65.5 Å². The van der Waals surface area contributed by atoms with E-state index in [1.807, 2.05) is 30.3 Å². The molecule has 1 atom stereocenters. The van der Waals surface area contributed by atoms with E-state index in [1.165, 1.54) is 12.1 Å². The van der Waals surface area contributed by atoms with Gasteiger partial charge in [0.1, 0.15) is 18.2 Å². The summed E-state index contributed by atoms with van der Waals surface area (Å²) in [6.45, 7) is 3.74. The van der Waals surface area contributed by atoms with E-state index >= 15 is 0 Å². The molecule has 0 saturated heterocycles. The predicted octanol–water partition coefficient (Wildman–Crippen LogP) is 3.83. The Hall–Kier alpha value is -1.91. The largest absolute Gasteiger partial charge is 0.488 e. The zero-order chi connectivity index (χ0) is 16.5. The molecule has 3 nitrogen and oxygen atoms in total. The minimum Gasteiger partial charge on any atom is -0.488 e. The third kappa shape index (κ3) is 5.66. The molecule has 0 radical (unpaired) electrons. The molecule has 4 heteroatoms. The molecule has 0 aliphatic heterocycles. The summed E-state index contributed by atoms with van der Waals surface area (Å²) < 4.78 is 19.2. The van der Waals surface area contributed by atoms with Crippen LogP contribution in [0.5, 0.6) is 5.75 Å². The lowest BCUT2D eigenvalue weighted by Crippen LogP contribution is -2.22. The molecule has 0 amide bonds. The van der Waals surface area contributed by atoms with Crippen molar-refractivity contribution in [3.8, 4) is 5.75 Å². The zero-order valence-electron chi connectivity index (χ0n) is 13.5. The van der Waals surface area contributed by atoms with Crippen molar-refractivity contribution in [2.24, 2.45) is 0 Å². The Morgan fingerprint density at radius 3 is 2.70 bits per heavy atom. The van der Waals surface area contributed by atoms with Crippen molar-refractivity contribution in [1.82, 2.24) is 5.32 Å². The number of nitrogens with one attached hydrogen (secondary N) is 1. The first-order valence-electron chi connectivity index (χ1n) is 8.05. The SMILES string of the molecule is CCCCNCC(O)c1ccc(F)cc1OCc1ccccc1. The minimum atomic E-state index is -0.724. The zero-order valence-corrected chi connectivity index (χ0v) is 13.5. The van der Waals surface area contributed by atoms with Crippen LogP contribution in [0.2, 0.25) is 0 Å². The van der Waals surface area contributed by atoms with Gasteiger partial charge < -0.3 is 15.2 Å². The number of unbranched alkanes of at least 4 members (excludes halogenated alkanes) is 1. The predicted molar refractivity (Wildman–Crippen MR) is 89.9 cm³/mol. The van der Waals surface area contributed by atoms with Gasteiger partial charge in [-0.25, -0.2) is 4.39 Å². The fourth-order valence-corrected chi connectivity index (χ4v) is 2.29. The van der Waals surface area contributed by atoms with Gasteiger partial charge in [0.25, 0.3) is 0 Å². The maximum absolute atomic E-state index is 13.5. The van der Waals surface area contributed by atoms with Crippen LogP contribution < -0.4 is 10.1 Å². The summed E-state index contributed by atoms with van der Waals surface area (Å²) in [6.07, 6.45) is 1.44. The van der Waals surface area contributed by atoms with Crippen molar-refractivity contribution < 1.29 is 14.2 Å². The quantitative estimate of drug-likeness (QED) is 0.691. The number of aliphatic hydroxyl groups is 1. The van der Waals surface area contributed by atoms with Crippen molar-refractivity contribution in [2.75, 3.05) is 13.1 Å². The van der Waals surface area contributed by atoms with Gasteiger partial charge in [-0.1, -0.05) is 43.7 Å². The standard InChI is InChI=1S/C19H24FNO2/c1-2-3-11-21-13-18(22)17-10-9-16(20)12-19(17)23-14-15-7-5-4-6-8-15/h4-10,12,18,21-22H,2-3,11,13-14H2,1H3. The number of aliphatic hydroxyl groups excluding tert-OH is 1. The van der Waals surface area contributed by atoms with Crippen LogP contribution in [0, 0.1) is 5.82 Å². The van der Waals surface area contributed by atoms with Crippen molar-refractivity contribution in [1.29, 1.82) is 0 Å². The number of benzene rings is 2. The van der Waals surface area contributed by atoms with E-state index in [2.05, 4.69) is 12.2 Å². The van der Waals surface area contributed by atoms with Crippen molar-refractivity contribution in [3.63, 3.8) is 0 Å². The van der Waals surface area contributed by atoms with Gasteiger partial charge in [-0.2, -0.15) is 0 Å². The fraction of sp³-hybridized carbons (Fsp3) is 0.368. The van der Waals surface area contributed by atoms with Crippen LogP contribution in [0.25, 0.3) is 0 Å². The Morgan fingerprint density at radius 1 is 1.17 bits per heavy atom. The van der Waals surface area contributed by atoms with Crippen LogP contribution in [0.15, 0.2) is 48.5 Å². The molecule has 1 unspecified atom stereocenters. The van der Waals surface area contributed by atoms with Crippen LogP contribution in [0.1, 0.15) is 37.0 Å². The second-order valence-corrected chi connectivity index (χ2v) is 5.53. The Bertz CT molecular complexity index is 589. The molecular weight excluding hydrogens is 293 g/mol. The molecule has 0 fully saturated rings. The van der Waals surface area contributed by atoms with Gasteiger partial charge in [0.05, 0.1) is 6.10 Å². The highest BCUT2D eigenvalue weighted by Gasteiger charge is 2.14. The average Bonchev–Trinajstić information content (AvgIpc) is 2.58. The fourth-order valence-electron chi connectivity index (χ4n) is 2.29. The molecular formula is C19H24FNO2. The first-order chi connectivity index (χ1) is 11.2. The summed E-state index contributed by atoms with van der Waals surface area (Å²) in [5, 5.41) is 13.5. The molecule has 0 aliphatic rings. The highest BCUT2D eigenvalue weighted by Crippen LogP contribution is 2.27. The first kappa shape index (κ1) is 17.4. The highest BCUT2D eigenvalue weighted by molar-refractivity contribution is 5.36. The van der Waals surface area contributed by atoms with Crippen LogP contribution in [-0.4, -0.2) is 18.2 Å². The average molecular weight is 317 g/mol. The summed E-state index contributed by atoms with van der Waals surface area (Å²) in [5.74, 6) is 0.0154. The molecule has 2 N–H and O–H groups in total. The molecule has 23 heavy (non-hydrogen) atoms. The Labute approximate surface area is 137 Å². The molecule has 0 saturated carbocycles. The normalized spacial score (nSPS) is 12.1. The molecule has 0 bridgehead atoms. The Balaban J connectivity index is 2.01. The number of hydrogen-bond donors (Lipinski definition) is 2. The Morgan fingerprint density at radius 2 is 1.96 bits per heavy atom. The molecule has 2 aromatic carbocycles. The molecule has 0 aromatic heterocycles. The van der Waals surface area contributed by atoms with Crippen molar-refractivity contribution >= 4 is 0 Å². The summed E-state index contributed by atoms with van der Waals surface area (Å²) in [7, 11) is 0. The van der Waals surface area contributed by atoms with Crippen LogP contribution in [0.4, 0.5) is 4.39 Å². The van der Waals surface area contributed by atoms with E-state index in [4.69, 9.17) is 4.74 Å². The molecule has 124 valence electrons. The van der Waals surface area contributed by atoms with Crippen LogP contribution in [-0.2, 0) is 6.61 Å². The van der Waals surface area contributed by atoms with Crippen LogP contribution >= 0.6 is 0 Å². The first-order valence-corrected chi connectivity index (χ1v) is 8.05. The number of halogens is 1. The van der Waals surface area contributed by atoms with E-state index in [0.717, 1.165) is 24.9 Å². The summed E-state index contributed by atoms with van der Waals surface area (Å²) in [6, 6.07) is 13.9. The lowest BCUT2D eigenvalue weighted by Gasteiger charge is -2.17. The third-order valence-corrected chi connectivity index (χ3v) is 3.62. The van der Waals surface area contributed by atoms with Gasteiger partial charge in [0.2, 0.25) is 0 Å². The van der Waals surface area contributed by atoms with E-state index in [0.29, 0.717) is 24.5 Å². The van der Waals surface area contributed by atoms with E-state index in [-0.39, 0.29) is 5.82 Å². The maximum atomic E-state index is 13.5. The molecule has 2 rings (SSSR count). The van der Waals surface area contributed by atoms with Crippen LogP contribution in [0.3, 0.4) is 0 Å². The molecule has 0 spiro atoms. The van der Waals surface area contributed by atoms with E-state index in [1.54, 1.807) is 6.07 Å². The smallest absolute Gasteiger partial charge is 0.128 e. The highest BCUT2D eigenvalue weighted by atomic mass is 19.1. The van der Waals surface area contributed by atoms with Gasteiger partial charge in [-0.05, 0) is 30.7 Å². The van der Waals surface area contributed by atoms with Gasteiger partial charge in [-0.3, -0.25) is 0 Å². The molecule has 2 aromatic rings. The lowest BCUT2D eigenvalue weighted by molar-refractivity contribution is 0.167. The lowest BCUT2D eigenvalue weighted by atomic mass is 10.1. The summed E-state index contributed by atoms with van der Waals surface area (Å²) >= 11 is 0. The summed E-state index contributed by atoms with van der Waals surface area (Å²) in [5.41, 5.74) is 1.60. The summed E-state index contributed by atoms with van der Waals surface area (Å²) in [4.78, 5) is 0.